The van der Waals surface area contributed by atoms with E-state index in [1.807, 2.05) is 0 Å². The highest BCUT2D eigenvalue weighted by Gasteiger charge is 2.15. The first-order chi connectivity index (χ1) is 7.06. The predicted molar refractivity (Wildman–Crippen MR) is 60.8 cm³/mol. The molecule has 1 rings (SSSR count). The van der Waals surface area contributed by atoms with Crippen LogP contribution < -0.4 is 4.72 Å². The van der Waals surface area contributed by atoms with E-state index in [-0.39, 0.29) is 10.8 Å². The van der Waals surface area contributed by atoms with E-state index in [2.05, 4.69) is 4.72 Å². The molecule has 1 aromatic heterocycles. The average Bonchev–Trinajstić information content (AvgIpc) is 2.60. The summed E-state index contributed by atoms with van der Waals surface area (Å²) in [4.78, 5) is 0. The van der Waals surface area contributed by atoms with Gasteiger partial charge in [-0.25, -0.2) is 13.1 Å². The van der Waals surface area contributed by atoms with Crippen LogP contribution >= 0.6 is 22.9 Å². The highest BCUT2D eigenvalue weighted by Crippen LogP contribution is 2.25. The minimum Gasteiger partial charge on any atom is -0.396 e. The largest absolute Gasteiger partial charge is 0.396 e. The molecule has 15 heavy (non-hydrogen) atoms. The van der Waals surface area contributed by atoms with Gasteiger partial charge in [0.25, 0.3) is 0 Å². The van der Waals surface area contributed by atoms with Crippen molar-refractivity contribution in [3.05, 3.63) is 16.5 Å². The van der Waals surface area contributed by atoms with Crippen molar-refractivity contribution in [2.24, 2.45) is 0 Å². The van der Waals surface area contributed by atoms with Gasteiger partial charge in [-0.1, -0.05) is 11.6 Å². The van der Waals surface area contributed by atoms with Crippen LogP contribution in [0.3, 0.4) is 0 Å². The maximum Gasteiger partial charge on any atom is 0.250 e. The number of aliphatic hydroxyl groups is 1. The summed E-state index contributed by atoms with van der Waals surface area (Å²) in [6.45, 7) is 0.408. The monoisotopic (exact) mass is 269 g/mol. The SMILES string of the molecule is O=S(=O)(NCCCCO)c1ccc(Cl)s1. The Balaban J connectivity index is 2.53. The molecule has 0 saturated carbocycles. The smallest absolute Gasteiger partial charge is 0.250 e. The van der Waals surface area contributed by atoms with Gasteiger partial charge in [0, 0.05) is 13.2 Å². The molecule has 0 unspecified atom stereocenters. The summed E-state index contributed by atoms with van der Waals surface area (Å²) in [6.07, 6.45) is 1.21. The zero-order chi connectivity index (χ0) is 11.3. The molecule has 0 saturated heterocycles. The Labute approximate surface area is 97.9 Å². The average molecular weight is 270 g/mol. The van der Waals surface area contributed by atoms with Crippen molar-refractivity contribution >= 4 is 33.0 Å². The lowest BCUT2D eigenvalue weighted by Gasteiger charge is -2.03. The summed E-state index contributed by atoms with van der Waals surface area (Å²) in [5.41, 5.74) is 0. The van der Waals surface area contributed by atoms with Crippen LogP contribution in [0.1, 0.15) is 12.8 Å². The number of nitrogens with one attached hydrogen (secondary N) is 1. The van der Waals surface area contributed by atoms with Crippen molar-refractivity contribution in [1.82, 2.24) is 4.72 Å². The molecule has 0 aromatic carbocycles. The lowest BCUT2D eigenvalue weighted by molar-refractivity contribution is 0.285. The van der Waals surface area contributed by atoms with Crippen LogP contribution in [0.15, 0.2) is 16.3 Å². The van der Waals surface area contributed by atoms with E-state index < -0.39 is 10.0 Å². The summed E-state index contributed by atoms with van der Waals surface area (Å²) < 4.78 is 26.3. The third-order valence-electron chi connectivity index (χ3n) is 1.69. The third-order valence-corrected chi connectivity index (χ3v) is 4.87. The van der Waals surface area contributed by atoms with Gasteiger partial charge in [0.2, 0.25) is 10.0 Å². The summed E-state index contributed by atoms with van der Waals surface area (Å²) in [6, 6.07) is 3.02. The predicted octanol–water partition coefficient (Wildman–Crippen LogP) is 1.45. The maximum absolute atomic E-state index is 11.6. The molecular weight excluding hydrogens is 258 g/mol. The molecule has 0 aliphatic rings. The summed E-state index contributed by atoms with van der Waals surface area (Å²) >= 11 is 6.67. The lowest BCUT2D eigenvalue weighted by atomic mass is 10.3. The molecule has 0 amide bonds. The molecule has 0 bridgehead atoms. The number of rotatable bonds is 6. The summed E-state index contributed by atoms with van der Waals surface area (Å²) in [5, 5.41) is 8.52. The molecule has 1 heterocycles. The molecule has 0 spiro atoms. The summed E-state index contributed by atoms with van der Waals surface area (Å²) in [5.74, 6) is 0. The first-order valence-electron chi connectivity index (χ1n) is 4.42. The second kappa shape index (κ2) is 5.81. The number of thiophene rings is 1. The molecule has 1 aromatic rings. The van der Waals surface area contributed by atoms with Crippen molar-refractivity contribution in [2.45, 2.75) is 17.1 Å². The van der Waals surface area contributed by atoms with Crippen LogP contribution in [0.5, 0.6) is 0 Å². The number of unbranched alkanes of at least 4 members (excludes halogenated alkanes) is 1. The number of halogens is 1. The van der Waals surface area contributed by atoms with Crippen LogP contribution in [-0.2, 0) is 10.0 Å². The molecule has 0 aliphatic heterocycles. The minimum absolute atomic E-state index is 0.0760. The van der Waals surface area contributed by atoms with E-state index in [0.717, 1.165) is 11.3 Å². The van der Waals surface area contributed by atoms with Gasteiger partial charge in [0.05, 0.1) is 4.34 Å². The molecular formula is C8H12ClNO3S2. The molecule has 7 heteroatoms. The second-order valence-corrected chi connectivity index (χ2v) is 6.60. The Morgan fingerprint density at radius 1 is 1.40 bits per heavy atom. The van der Waals surface area contributed by atoms with Crippen LogP contribution in [0.2, 0.25) is 4.34 Å². The van der Waals surface area contributed by atoms with Gasteiger partial charge in [0.15, 0.2) is 0 Å². The highest BCUT2D eigenvalue weighted by atomic mass is 35.5. The van der Waals surface area contributed by atoms with Gasteiger partial charge >= 0.3 is 0 Å². The number of aliphatic hydroxyl groups excluding tert-OH is 1. The fourth-order valence-electron chi connectivity index (χ4n) is 0.957. The van der Waals surface area contributed by atoms with Crippen molar-refractivity contribution in [3.63, 3.8) is 0 Å². The molecule has 0 aliphatic carbocycles. The Morgan fingerprint density at radius 2 is 2.13 bits per heavy atom. The number of hydrogen-bond acceptors (Lipinski definition) is 4. The van der Waals surface area contributed by atoms with Crippen LogP contribution in [0, 0.1) is 0 Å². The Bertz CT molecular complexity index is 402. The van der Waals surface area contributed by atoms with Gasteiger partial charge in [-0.05, 0) is 25.0 Å². The summed E-state index contributed by atoms with van der Waals surface area (Å²) in [7, 11) is -3.42. The van der Waals surface area contributed by atoms with E-state index in [1.54, 1.807) is 6.07 Å². The van der Waals surface area contributed by atoms with Gasteiger partial charge in [0.1, 0.15) is 4.21 Å². The van der Waals surface area contributed by atoms with Gasteiger partial charge < -0.3 is 5.11 Å². The van der Waals surface area contributed by atoms with Crippen molar-refractivity contribution < 1.29 is 13.5 Å². The molecule has 86 valence electrons. The number of sulfonamides is 1. The topological polar surface area (TPSA) is 66.4 Å². The standard InChI is InChI=1S/C8H12ClNO3S2/c9-7-3-4-8(14-7)15(12,13)10-5-1-2-6-11/h3-4,10-11H,1-2,5-6H2. The lowest BCUT2D eigenvalue weighted by Crippen LogP contribution is -2.24. The molecule has 0 atom stereocenters. The molecule has 4 nitrogen and oxygen atoms in total. The van der Waals surface area contributed by atoms with Crippen molar-refractivity contribution in [3.8, 4) is 0 Å². The zero-order valence-corrected chi connectivity index (χ0v) is 10.3. The van der Waals surface area contributed by atoms with Crippen LogP contribution in [0.25, 0.3) is 0 Å². The van der Waals surface area contributed by atoms with Gasteiger partial charge in [-0.3, -0.25) is 0 Å². The Hall–Kier alpha value is -0.140. The minimum atomic E-state index is -3.42. The van der Waals surface area contributed by atoms with E-state index in [0.29, 0.717) is 23.7 Å². The van der Waals surface area contributed by atoms with E-state index in [9.17, 15) is 8.42 Å². The number of hydrogen-bond donors (Lipinski definition) is 2. The van der Waals surface area contributed by atoms with Crippen molar-refractivity contribution in [1.29, 1.82) is 0 Å². The van der Waals surface area contributed by atoms with E-state index in [4.69, 9.17) is 16.7 Å². The quantitative estimate of drug-likeness (QED) is 0.769. The zero-order valence-electron chi connectivity index (χ0n) is 7.94. The molecule has 0 fully saturated rings. The van der Waals surface area contributed by atoms with Crippen LogP contribution in [-0.4, -0.2) is 26.7 Å². The van der Waals surface area contributed by atoms with Gasteiger partial charge in [-0.15, -0.1) is 11.3 Å². The highest BCUT2D eigenvalue weighted by molar-refractivity contribution is 7.91. The third kappa shape index (κ3) is 4.08. The first kappa shape index (κ1) is 12.9. The van der Waals surface area contributed by atoms with Gasteiger partial charge in [-0.2, -0.15) is 0 Å². The van der Waals surface area contributed by atoms with Crippen molar-refractivity contribution in [2.75, 3.05) is 13.2 Å². The first-order valence-corrected chi connectivity index (χ1v) is 7.10. The normalized spacial score (nSPS) is 11.9. The molecule has 0 radical (unpaired) electrons. The Kier molecular flexibility index (Phi) is 5.01. The maximum atomic E-state index is 11.6. The Morgan fingerprint density at radius 3 is 2.67 bits per heavy atom. The fourth-order valence-corrected chi connectivity index (χ4v) is 3.56. The van der Waals surface area contributed by atoms with E-state index >= 15 is 0 Å². The van der Waals surface area contributed by atoms with Crippen LogP contribution in [0.4, 0.5) is 0 Å². The van der Waals surface area contributed by atoms with E-state index in [1.165, 1.54) is 6.07 Å². The molecule has 2 N–H and O–H groups in total. The fraction of sp³-hybridized carbons (Fsp3) is 0.500. The second-order valence-electron chi connectivity index (χ2n) is 2.89.